The van der Waals surface area contributed by atoms with Crippen molar-refractivity contribution in [1.82, 2.24) is 0 Å². The molecule has 0 aliphatic carbocycles. The van der Waals surface area contributed by atoms with Crippen molar-refractivity contribution >= 4 is 26.7 Å². The molecular weight excluding hydrogens is 351 g/mol. The first-order chi connectivity index (χ1) is 10.7. The fourth-order valence-electron chi connectivity index (χ4n) is 2.41. The van der Waals surface area contributed by atoms with E-state index in [1.54, 1.807) is 11.8 Å². The Labute approximate surface area is 145 Å². The number of hydrogen-bond acceptors (Lipinski definition) is 1. The molecule has 0 aliphatic heterocycles. The van der Waals surface area contributed by atoms with Crippen LogP contribution in [-0.4, -0.2) is 15.0 Å². The Morgan fingerprint density at radius 1 is 1.00 bits per heavy atom. The van der Waals surface area contributed by atoms with Crippen molar-refractivity contribution in [2.24, 2.45) is 0 Å². The Hall–Kier alpha value is -0.951. The molecule has 0 amide bonds. The third-order valence-corrected chi connectivity index (χ3v) is 7.59. The van der Waals surface area contributed by atoms with E-state index in [1.807, 2.05) is 0 Å². The average molecular weight is 375 g/mol. The van der Waals surface area contributed by atoms with Crippen LogP contribution in [0.15, 0.2) is 77.0 Å². The summed E-state index contributed by atoms with van der Waals surface area (Å²) in [6, 6.07) is 21.5. The molecule has 0 aromatic heterocycles. The maximum atomic E-state index is 2.42. The van der Waals surface area contributed by atoms with Gasteiger partial charge in [-0.2, -0.15) is 0 Å². The summed E-state index contributed by atoms with van der Waals surface area (Å²) in [6.07, 6.45) is 6.00. The molecule has 2 aromatic rings. The van der Waals surface area contributed by atoms with Gasteiger partial charge in [0, 0.05) is 0 Å². The Morgan fingerprint density at radius 3 is 2.27 bits per heavy atom. The first-order valence-electron chi connectivity index (χ1n) is 7.72. The van der Waals surface area contributed by atoms with Gasteiger partial charge in [0.15, 0.2) is 0 Å². The Balaban J connectivity index is 1.77. The van der Waals surface area contributed by atoms with Crippen molar-refractivity contribution in [3.63, 3.8) is 0 Å². The molecule has 1 unspecified atom stereocenters. The number of unbranched alkanes of at least 4 members (excludes halogenated alkanes) is 1. The molecule has 0 heterocycles. The van der Waals surface area contributed by atoms with Crippen LogP contribution in [0.3, 0.4) is 0 Å². The summed E-state index contributed by atoms with van der Waals surface area (Å²) in [5.41, 5.74) is 1.50. The molecule has 116 valence electrons. The van der Waals surface area contributed by atoms with Gasteiger partial charge in [0.25, 0.3) is 0 Å². The standard InChI is InChI=1S/C20H24SSe/c1-20(22-2,18-12-6-3-7-13-18)16-10-5-11-17-21-19-14-8-4-9-15-19/h3-4,6-9,11-15,17H,5,10,16H2,1-2H3/b17-11+. The number of rotatable bonds is 8. The van der Waals surface area contributed by atoms with Crippen LogP contribution in [0.4, 0.5) is 0 Å². The van der Waals surface area contributed by atoms with Crippen molar-refractivity contribution < 1.29 is 0 Å². The van der Waals surface area contributed by atoms with E-state index in [4.69, 9.17) is 0 Å². The van der Waals surface area contributed by atoms with Gasteiger partial charge in [-0.1, -0.05) is 0 Å². The first kappa shape index (κ1) is 17.4. The van der Waals surface area contributed by atoms with Gasteiger partial charge in [-0.05, 0) is 0 Å². The van der Waals surface area contributed by atoms with Crippen molar-refractivity contribution in [1.29, 1.82) is 0 Å². The molecule has 0 saturated heterocycles. The normalized spacial score (nSPS) is 14.1. The fraction of sp³-hybridized carbons (Fsp3) is 0.300. The second-order valence-corrected chi connectivity index (χ2v) is 9.22. The zero-order valence-corrected chi connectivity index (χ0v) is 15.9. The van der Waals surface area contributed by atoms with Crippen LogP contribution in [0.2, 0.25) is 5.82 Å². The number of hydrogen-bond donors (Lipinski definition) is 0. The van der Waals surface area contributed by atoms with Crippen molar-refractivity contribution in [3.05, 3.63) is 77.7 Å². The second kappa shape index (κ2) is 9.25. The van der Waals surface area contributed by atoms with E-state index >= 15 is 0 Å². The quantitative estimate of drug-likeness (QED) is 0.304. The number of benzene rings is 2. The molecule has 0 fully saturated rings. The van der Waals surface area contributed by atoms with E-state index in [2.05, 4.69) is 84.9 Å². The van der Waals surface area contributed by atoms with Crippen molar-refractivity contribution in [2.75, 3.05) is 0 Å². The van der Waals surface area contributed by atoms with Crippen LogP contribution in [0.25, 0.3) is 0 Å². The van der Waals surface area contributed by atoms with Gasteiger partial charge in [0.1, 0.15) is 0 Å². The third-order valence-electron chi connectivity index (χ3n) is 3.90. The average Bonchev–Trinajstić information content (AvgIpc) is 2.59. The van der Waals surface area contributed by atoms with Gasteiger partial charge < -0.3 is 0 Å². The zero-order valence-electron chi connectivity index (χ0n) is 13.4. The van der Waals surface area contributed by atoms with Crippen LogP contribution in [0.1, 0.15) is 31.7 Å². The minimum absolute atomic E-state index is 0.370. The van der Waals surface area contributed by atoms with Crippen LogP contribution in [0.5, 0.6) is 0 Å². The van der Waals surface area contributed by atoms with Crippen molar-refractivity contribution in [2.45, 2.75) is 41.2 Å². The van der Waals surface area contributed by atoms with E-state index in [1.165, 1.54) is 29.7 Å². The molecule has 2 rings (SSSR count). The fourth-order valence-corrected chi connectivity index (χ4v) is 4.62. The molecular formula is C20H24SSe. The molecule has 0 bridgehead atoms. The Kier molecular flexibility index (Phi) is 7.32. The topological polar surface area (TPSA) is 0 Å². The molecule has 0 radical (unpaired) electrons. The van der Waals surface area contributed by atoms with Crippen LogP contribution in [0, 0.1) is 0 Å². The van der Waals surface area contributed by atoms with Gasteiger partial charge in [-0.3, -0.25) is 0 Å². The molecule has 22 heavy (non-hydrogen) atoms. The van der Waals surface area contributed by atoms with Gasteiger partial charge in [-0.25, -0.2) is 0 Å². The van der Waals surface area contributed by atoms with Gasteiger partial charge in [-0.15, -0.1) is 0 Å². The summed E-state index contributed by atoms with van der Waals surface area (Å²) >= 11 is 2.43. The second-order valence-electron chi connectivity index (χ2n) is 5.50. The summed E-state index contributed by atoms with van der Waals surface area (Å²) in [7, 11) is 0. The summed E-state index contributed by atoms with van der Waals surface area (Å²) in [5, 5.41) is 2.23. The van der Waals surface area contributed by atoms with Gasteiger partial charge in [0.05, 0.1) is 0 Å². The molecule has 2 heteroatoms. The van der Waals surface area contributed by atoms with Gasteiger partial charge in [0.2, 0.25) is 0 Å². The summed E-state index contributed by atoms with van der Waals surface area (Å²) in [4.78, 5) is 1.31. The summed E-state index contributed by atoms with van der Waals surface area (Å²) in [6.45, 7) is 2.42. The number of thioether (sulfide) groups is 1. The van der Waals surface area contributed by atoms with E-state index in [9.17, 15) is 0 Å². The van der Waals surface area contributed by atoms with Crippen LogP contribution >= 0.6 is 11.8 Å². The van der Waals surface area contributed by atoms with E-state index in [-0.39, 0.29) is 0 Å². The SMILES string of the molecule is C[Se]C(C)(CCC/C=C/Sc1ccccc1)c1ccccc1. The van der Waals surface area contributed by atoms with Crippen LogP contribution in [-0.2, 0) is 4.31 Å². The molecule has 0 aliphatic rings. The Morgan fingerprint density at radius 2 is 1.64 bits per heavy atom. The summed E-state index contributed by atoms with van der Waals surface area (Å²) < 4.78 is 0.370. The first-order valence-corrected chi connectivity index (χ1v) is 11.2. The number of allylic oxidation sites excluding steroid dienone is 1. The molecule has 0 saturated carbocycles. The monoisotopic (exact) mass is 376 g/mol. The minimum atomic E-state index is 0.370. The van der Waals surface area contributed by atoms with E-state index in [0.717, 1.165) is 0 Å². The molecule has 1 atom stereocenters. The molecule has 0 spiro atoms. The Bertz CT molecular complexity index is 565. The zero-order chi connectivity index (χ0) is 15.7. The molecule has 0 nitrogen and oxygen atoms in total. The predicted molar refractivity (Wildman–Crippen MR) is 101 cm³/mol. The predicted octanol–water partition coefficient (Wildman–Crippen LogP) is 6.13. The molecule has 0 N–H and O–H groups in total. The maximum absolute atomic E-state index is 2.42. The van der Waals surface area contributed by atoms with Crippen LogP contribution < -0.4 is 0 Å². The molecule has 2 aromatic carbocycles. The van der Waals surface area contributed by atoms with E-state index < -0.39 is 0 Å². The summed E-state index contributed by atoms with van der Waals surface area (Å²) in [5.74, 6) is 2.36. The van der Waals surface area contributed by atoms with Crippen molar-refractivity contribution in [3.8, 4) is 0 Å². The van der Waals surface area contributed by atoms with Gasteiger partial charge >= 0.3 is 146 Å². The van der Waals surface area contributed by atoms with E-state index in [0.29, 0.717) is 19.3 Å². The third kappa shape index (κ3) is 5.35.